The highest BCUT2D eigenvalue weighted by Gasteiger charge is 2.43. The van der Waals surface area contributed by atoms with Crippen LogP contribution in [0.4, 0.5) is 0 Å². The van der Waals surface area contributed by atoms with Crippen LogP contribution in [0, 0.1) is 20.8 Å². The second kappa shape index (κ2) is 15.0. The first-order chi connectivity index (χ1) is 34.7. The molecule has 0 spiro atoms. The van der Waals surface area contributed by atoms with Gasteiger partial charge >= 0.3 is 6.85 Å². The molecule has 2 aliphatic heterocycles. The summed E-state index contributed by atoms with van der Waals surface area (Å²) in [6.07, 6.45) is 0. The molecule has 0 unspecified atom stereocenters. The van der Waals surface area contributed by atoms with Gasteiger partial charge in [0.05, 0.1) is 11.0 Å². The number of hydrogen-bond donors (Lipinski definition) is 0. The summed E-state index contributed by atoms with van der Waals surface area (Å²) in [5.41, 5.74) is 23.3. The number of nitrogens with zero attached hydrogens (tertiary/aromatic N) is 5. The van der Waals surface area contributed by atoms with E-state index in [0.29, 0.717) is 17.5 Å². The van der Waals surface area contributed by atoms with Crippen molar-refractivity contribution in [2.75, 3.05) is 0 Å². The molecule has 5 nitrogen and oxygen atoms in total. The fraction of sp³-hybridized carbons (Fsp3) is 0.167. The molecule has 9 aromatic carbocycles. The first-order valence-electron chi connectivity index (χ1n) is 25.5. The summed E-state index contributed by atoms with van der Waals surface area (Å²) in [4.78, 5) is 15.6. The van der Waals surface area contributed by atoms with Gasteiger partial charge in [-0.3, -0.25) is 0 Å². The van der Waals surface area contributed by atoms with Gasteiger partial charge in [0.15, 0.2) is 17.5 Å². The van der Waals surface area contributed by atoms with Gasteiger partial charge in [-0.15, -0.1) is 0 Å². The van der Waals surface area contributed by atoms with Gasteiger partial charge in [0.25, 0.3) is 0 Å². The lowest BCUT2D eigenvalue weighted by molar-refractivity contribution is 0.590. The van der Waals surface area contributed by atoms with E-state index in [-0.39, 0.29) is 17.7 Å². The first kappa shape index (κ1) is 42.8. The summed E-state index contributed by atoms with van der Waals surface area (Å²) in [7, 11) is 0. The molecule has 5 heterocycles. The van der Waals surface area contributed by atoms with Crippen molar-refractivity contribution in [1.29, 1.82) is 0 Å². The Labute approximate surface area is 421 Å². The van der Waals surface area contributed by atoms with E-state index < -0.39 is 0 Å². The summed E-state index contributed by atoms with van der Waals surface area (Å²) in [6, 6.07) is 61.0. The van der Waals surface area contributed by atoms with Crippen LogP contribution in [0.1, 0.15) is 69.4 Å². The summed E-state index contributed by atoms with van der Waals surface area (Å²) >= 11 is 0. The number of rotatable bonds is 4. The van der Waals surface area contributed by atoms with Crippen molar-refractivity contribution in [1.82, 2.24) is 24.0 Å². The highest BCUT2D eigenvalue weighted by atomic mass is 15.0. The van der Waals surface area contributed by atoms with Crippen molar-refractivity contribution in [2.24, 2.45) is 0 Å². The Morgan fingerprint density at radius 3 is 1.67 bits per heavy atom. The standard InChI is InChI=1S/C66H54BN5/c1-37-30-38(2)56(39(3)31-37)42-25-28-53-50(32-42)58-47-23-17-16-22-46(47)57-51-36-45(66(7,8)9)35-49-48-34-44(65(4,5)6)26-29-54(48)72(60(49)51)67-52-27-24-43(33-55(52)71(53)61(58)59(57)67)64-69-62(40-18-12-10-13-19-40)68-63(70-64)41-20-14-11-15-21-41/h10-36H,1-9H3. The maximum atomic E-state index is 5.28. The predicted octanol–water partition coefficient (Wildman–Crippen LogP) is 15.4. The van der Waals surface area contributed by atoms with Crippen LogP contribution < -0.4 is 10.9 Å². The molecule has 3 aromatic heterocycles. The number of hydrogen-bond acceptors (Lipinski definition) is 3. The largest absolute Gasteiger partial charge is 0.375 e. The molecule has 14 rings (SSSR count). The lowest BCUT2D eigenvalue weighted by Crippen LogP contribution is -2.55. The van der Waals surface area contributed by atoms with Crippen molar-refractivity contribution < 1.29 is 0 Å². The molecule has 12 aromatic rings. The normalized spacial score (nSPS) is 13.0. The molecule has 0 atom stereocenters. The smallest absolute Gasteiger partial charge is 0.333 e. The van der Waals surface area contributed by atoms with E-state index in [4.69, 9.17) is 15.0 Å². The van der Waals surface area contributed by atoms with Gasteiger partial charge in [0.1, 0.15) is 0 Å². The van der Waals surface area contributed by atoms with Crippen LogP contribution in [0.5, 0.6) is 0 Å². The molecule has 0 amide bonds. The van der Waals surface area contributed by atoms with Crippen molar-refractivity contribution in [3.8, 4) is 62.1 Å². The van der Waals surface area contributed by atoms with Crippen LogP contribution in [0.3, 0.4) is 0 Å². The molecule has 2 aliphatic rings. The molecule has 0 aliphatic carbocycles. The monoisotopic (exact) mass is 927 g/mol. The van der Waals surface area contributed by atoms with Crippen LogP contribution in [-0.2, 0) is 10.8 Å². The molecule has 346 valence electrons. The Kier molecular flexibility index (Phi) is 8.89. The van der Waals surface area contributed by atoms with Gasteiger partial charge in [-0.2, -0.15) is 0 Å². The highest BCUT2D eigenvalue weighted by molar-refractivity contribution is 6.90. The fourth-order valence-electron chi connectivity index (χ4n) is 12.6. The molecule has 6 heteroatoms. The second-order valence-corrected chi connectivity index (χ2v) is 22.6. The van der Waals surface area contributed by atoms with E-state index in [1.807, 2.05) is 36.4 Å². The van der Waals surface area contributed by atoms with E-state index >= 15 is 0 Å². The first-order valence-corrected chi connectivity index (χ1v) is 25.5. The molecule has 72 heavy (non-hydrogen) atoms. The number of aromatic nitrogens is 5. The summed E-state index contributed by atoms with van der Waals surface area (Å²) in [5, 5.41) is 7.74. The average molecular weight is 928 g/mol. The third-order valence-corrected chi connectivity index (χ3v) is 15.9. The molecule has 0 saturated heterocycles. The van der Waals surface area contributed by atoms with E-state index in [1.54, 1.807) is 0 Å². The van der Waals surface area contributed by atoms with Gasteiger partial charge in [0.2, 0.25) is 0 Å². The Morgan fingerprint density at radius 2 is 1.01 bits per heavy atom. The average Bonchev–Trinajstić information content (AvgIpc) is 3.91. The van der Waals surface area contributed by atoms with Crippen LogP contribution >= 0.6 is 0 Å². The Balaban J connectivity index is 1.15. The quantitative estimate of drug-likeness (QED) is 0.165. The zero-order valence-electron chi connectivity index (χ0n) is 42.4. The number of aryl methyl sites for hydroxylation is 3. The molecule has 0 saturated carbocycles. The van der Waals surface area contributed by atoms with E-state index in [9.17, 15) is 0 Å². The minimum Gasteiger partial charge on any atom is -0.375 e. The summed E-state index contributed by atoms with van der Waals surface area (Å²) in [6.45, 7) is 20.6. The molecule has 0 radical (unpaired) electrons. The lowest BCUT2D eigenvalue weighted by Gasteiger charge is -2.35. The summed E-state index contributed by atoms with van der Waals surface area (Å²) in [5.74, 6) is 1.94. The van der Waals surface area contributed by atoms with Crippen LogP contribution in [-0.4, -0.2) is 30.8 Å². The molecule has 0 N–H and O–H groups in total. The van der Waals surface area contributed by atoms with Crippen LogP contribution in [0.15, 0.2) is 164 Å². The Bertz CT molecular complexity index is 4230. The number of benzene rings is 9. The predicted molar refractivity (Wildman–Crippen MR) is 304 cm³/mol. The molecular formula is C66H54BN5. The second-order valence-electron chi connectivity index (χ2n) is 22.6. The minimum atomic E-state index is -0.124. The van der Waals surface area contributed by atoms with Crippen LogP contribution in [0.25, 0.3) is 116 Å². The van der Waals surface area contributed by atoms with Gasteiger partial charge in [-0.25, -0.2) is 15.0 Å². The zero-order chi connectivity index (χ0) is 49.1. The maximum Gasteiger partial charge on any atom is 0.333 e. The topological polar surface area (TPSA) is 48.5 Å². The van der Waals surface area contributed by atoms with Gasteiger partial charge in [-0.05, 0) is 135 Å². The zero-order valence-corrected chi connectivity index (χ0v) is 42.4. The highest BCUT2D eigenvalue weighted by Crippen LogP contribution is 2.50. The van der Waals surface area contributed by atoms with Crippen LogP contribution in [0.2, 0.25) is 0 Å². The Morgan fingerprint density at radius 1 is 0.431 bits per heavy atom. The maximum absolute atomic E-state index is 5.28. The molecule has 0 bridgehead atoms. The van der Waals surface area contributed by atoms with Gasteiger partial charge in [-0.1, -0.05) is 168 Å². The minimum absolute atomic E-state index is 0.0162. The van der Waals surface area contributed by atoms with E-state index in [1.165, 1.54) is 115 Å². The van der Waals surface area contributed by atoms with Crippen molar-refractivity contribution in [3.63, 3.8) is 0 Å². The summed E-state index contributed by atoms with van der Waals surface area (Å²) < 4.78 is 5.31. The van der Waals surface area contributed by atoms with Gasteiger partial charge in [0, 0.05) is 60.5 Å². The van der Waals surface area contributed by atoms with Crippen molar-refractivity contribution in [2.45, 2.75) is 73.1 Å². The van der Waals surface area contributed by atoms with Crippen molar-refractivity contribution in [3.05, 3.63) is 192 Å². The lowest BCUT2D eigenvalue weighted by atomic mass is 9.45. The van der Waals surface area contributed by atoms with Crippen molar-refractivity contribution >= 4 is 72.2 Å². The fourth-order valence-corrected chi connectivity index (χ4v) is 12.6. The third kappa shape index (κ3) is 6.11. The molecular weight excluding hydrogens is 874 g/mol. The SMILES string of the molecule is Cc1cc(C)c(-c2ccc3c(c2)c2c4ccccc4c4c5c2n3-c2cc(-c3nc(-c6ccccc6)nc(-c6ccccc6)n3)ccc2B5n2c3ccc(C(C)(C)C)cc3c3cc(C(C)(C)C)cc-4c32)c(C)c1. The van der Waals surface area contributed by atoms with E-state index in [2.05, 4.69) is 199 Å². The molecule has 0 fully saturated rings. The van der Waals surface area contributed by atoms with E-state index in [0.717, 1.165) is 22.4 Å². The Hall–Kier alpha value is -8.09. The number of fused-ring (bicyclic) bond motifs is 14. The van der Waals surface area contributed by atoms with Gasteiger partial charge < -0.3 is 9.05 Å². The third-order valence-electron chi connectivity index (χ3n) is 15.9.